The molecule has 10 nitrogen and oxygen atoms in total. The quantitative estimate of drug-likeness (QED) is 0.374. The lowest BCUT2D eigenvalue weighted by Crippen LogP contribution is -2.48. The third-order valence-corrected chi connectivity index (χ3v) is 7.23. The van der Waals surface area contributed by atoms with E-state index in [-0.39, 0.29) is 6.42 Å². The molecule has 1 aliphatic heterocycles. The van der Waals surface area contributed by atoms with E-state index in [0.717, 1.165) is 5.56 Å². The molecule has 2 aromatic carbocycles. The lowest BCUT2D eigenvalue weighted by atomic mass is 10.0. The number of hydrogen-bond acceptors (Lipinski definition) is 7. The van der Waals surface area contributed by atoms with Crippen molar-refractivity contribution in [3.05, 3.63) is 71.8 Å². The number of ether oxygens (including phenoxy) is 1. The number of urea groups is 1. The van der Waals surface area contributed by atoms with Gasteiger partial charge >= 0.3 is 12.0 Å². The fourth-order valence-electron chi connectivity index (χ4n) is 4.26. The van der Waals surface area contributed by atoms with Crippen LogP contribution in [0.5, 0.6) is 0 Å². The Hall–Kier alpha value is -3.44. The smallest absolute Gasteiger partial charge is 0.329 e. The van der Waals surface area contributed by atoms with Gasteiger partial charge in [-0.25, -0.2) is 9.59 Å². The number of primary amides is 1. The molecule has 200 valence electrons. The van der Waals surface area contributed by atoms with E-state index in [4.69, 9.17) is 14.7 Å². The first-order valence-electron chi connectivity index (χ1n) is 11.9. The van der Waals surface area contributed by atoms with E-state index in [0.29, 0.717) is 18.4 Å². The Bertz CT molecular complexity index is 1200. The number of carbonyl (C=O) groups excluding carboxylic acids is 3. The van der Waals surface area contributed by atoms with Crippen LogP contribution in [-0.2, 0) is 35.0 Å². The van der Waals surface area contributed by atoms with Gasteiger partial charge in [-0.15, -0.1) is 0 Å². The second kappa shape index (κ2) is 11.7. The number of benzene rings is 2. The van der Waals surface area contributed by atoms with Gasteiger partial charge in [0.1, 0.15) is 18.2 Å². The zero-order chi connectivity index (χ0) is 27.2. The van der Waals surface area contributed by atoms with E-state index in [1.54, 1.807) is 51.1 Å². The summed E-state index contributed by atoms with van der Waals surface area (Å²) in [6, 6.07) is 15.4. The van der Waals surface area contributed by atoms with Gasteiger partial charge in [0.05, 0.1) is 6.04 Å². The molecule has 0 saturated carbocycles. The first-order valence-corrected chi connectivity index (χ1v) is 13.4. The highest BCUT2D eigenvalue weighted by atomic mass is 32.2. The van der Waals surface area contributed by atoms with Gasteiger partial charge in [-0.05, 0) is 44.7 Å². The summed E-state index contributed by atoms with van der Waals surface area (Å²) in [5.41, 5.74) is 5.85. The first kappa shape index (κ1) is 28.1. The van der Waals surface area contributed by atoms with Crippen molar-refractivity contribution in [2.45, 2.75) is 63.1 Å². The van der Waals surface area contributed by atoms with E-state index >= 15 is 0 Å². The van der Waals surface area contributed by atoms with Crippen molar-refractivity contribution in [2.75, 3.05) is 6.61 Å². The Morgan fingerprint density at radius 2 is 1.62 bits per heavy atom. The van der Waals surface area contributed by atoms with Gasteiger partial charge in [-0.2, -0.15) is 8.42 Å². The molecule has 11 heteroatoms. The van der Waals surface area contributed by atoms with Crippen LogP contribution in [0.1, 0.15) is 50.8 Å². The topological polar surface area (TPSA) is 145 Å². The highest BCUT2D eigenvalue weighted by molar-refractivity contribution is 7.87. The minimum Gasteiger partial charge on any atom is -0.458 e. The van der Waals surface area contributed by atoms with Gasteiger partial charge in [0.2, 0.25) is 0 Å². The molecule has 3 amide bonds. The van der Waals surface area contributed by atoms with Crippen molar-refractivity contribution >= 4 is 28.0 Å². The Morgan fingerprint density at radius 3 is 2.19 bits per heavy atom. The summed E-state index contributed by atoms with van der Waals surface area (Å²) in [7, 11) is -4.46. The summed E-state index contributed by atoms with van der Waals surface area (Å²) in [5.74, 6) is -1.26. The van der Waals surface area contributed by atoms with Crippen molar-refractivity contribution in [3.63, 3.8) is 0 Å². The van der Waals surface area contributed by atoms with E-state index < -0.39 is 57.7 Å². The molecule has 1 aliphatic rings. The molecule has 0 bridgehead atoms. The van der Waals surface area contributed by atoms with Crippen molar-refractivity contribution in [1.82, 2.24) is 10.2 Å². The zero-order valence-electron chi connectivity index (χ0n) is 21.1. The van der Waals surface area contributed by atoms with Crippen LogP contribution in [0.4, 0.5) is 4.79 Å². The predicted octanol–water partition coefficient (Wildman–Crippen LogP) is 2.64. The van der Waals surface area contributed by atoms with Crippen LogP contribution in [0, 0.1) is 0 Å². The van der Waals surface area contributed by atoms with Gasteiger partial charge in [-0.3, -0.25) is 8.98 Å². The molecule has 37 heavy (non-hydrogen) atoms. The summed E-state index contributed by atoms with van der Waals surface area (Å²) in [6.07, 6.45) is 0.732. The summed E-state index contributed by atoms with van der Waals surface area (Å²) in [6.45, 7) is 4.34. The monoisotopic (exact) mass is 531 g/mol. The Balaban J connectivity index is 1.81. The molecule has 3 rings (SSSR count). The molecule has 1 saturated heterocycles. The highest BCUT2D eigenvalue weighted by Crippen LogP contribution is 2.37. The molecule has 3 atom stereocenters. The van der Waals surface area contributed by atoms with Gasteiger partial charge < -0.3 is 20.7 Å². The maximum absolute atomic E-state index is 13.4. The third-order valence-electron chi connectivity index (χ3n) is 5.80. The fourth-order valence-corrected chi connectivity index (χ4v) is 5.35. The number of hydrogen-bond donors (Lipinski definition) is 2. The lowest BCUT2D eigenvalue weighted by Gasteiger charge is -2.31. The van der Waals surface area contributed by atoms with Crippen molar-refractivity contribution in [3.8, 4) is 0 Å². The number of nitrogens with one attached hydrogen (secondary N) is 1. The number of nitrogens with zero attached hydrogens (tertiary/aromatic N) is 1. The van der Waals surface area contributed by atoms with E-state index in [1.807, 2.05) is 30.3 Å². The van der Waals surface area contributed by atoms with Crippen molar-refractivity contribution in [1.29, 1.82) is 0 Å². The second-order valence-corrected chi connectivity index (χ2v) is 11.6. The normalized spacial score (nSPS) is 18.7. The number of likely N-dealkylation sites (tertiary alicyclic amines) is 1. The van der Waals surface area contributed by atoms with Crippen LogP contribution < -0.4 is 11.1 Å². The van der Waals surface area contributed by atoms with E-state index in [9.17, 15) is 22.8 Å². The summed E-state index contributed by atoms with van der Waals surface area (Å²) in [4.78, 5) is 39.2. The second-order valence-electron chi connectivity index (χ2n) is 9.80. The Labute approximate surface area is 217 Å². The largest absolute Gasteiger partial charge is 0.458 e. The van der Waals surface area contributed by atoms with E-state index in [2.05, 4.69) is 5.32 Å². The molecule has 2 aromatic rings. The first-order chi connectivity index (χ1) is 17.4. The zero-order valence-corrected chi connectivity index (χ0v) is 21.9. The van der Waals surface area contributed by atoms with Crippen LogP contribution in [-0.4, -0.2) is 54.8 Å². The minimum atomic E-state index is -4.46. The number of carbonyl (C=O) groups is 3. The molecule has 1 heterocycles. The average molecular weight is 532 g/mol. The van der Waals surface area contributed by atoms with Crippen LogP contribution in [0.2, 0.25) is 0 Å². The maximum Gasteiger partial charge on any atom is 0.329 e. The molecular weight excluding hydrogens is 498 g/mol. The van der Waals surface area contributed by atoms with Gasteiger partial charge in [0.15, 0.2) is 5.37 Å². The Morgan fingerprint density at radius 1 is 1.03 bits per heavy atom. The number of rotatable bonds is 9. The third kappa shape index (κ3) is 7.77. The number of amides is 3. The van der Waals surface area contributed by atoms with Gasteiger partial charge in [0, 0.05) is 6.42 Å². The van der Waals surface area contributed by atoms with E-state index in [1.165, 1.54) is 4.90 Å². The van der Waals surface area contributed by atoms with Crippen LogP contribution >= 0.6 is 0 Å². The standard InChI is InChI=1S/C26H33N3O7S/c1-26(2,3)36-24(31)21-15-14-20(19-12-8-5-9-13-19)29(21)23(30)17-35-37(33,34)22(28-25(27)32)16-18-10-6-4-7-11-18/h4-13,20-22H,14-17H2,1-3H3,(H3,27,28,32)/t20-,21+,22?/m1/s1. The summed E-state index contributed by atoms with van der Waals surface area (Å²) >= 11 is 0. The molecule has 1 fully saturated rings. The van der Waals surface area contributed by atoms with Gasteiger partial charge in [-0.1, -0.05) is 60.7 Å². The molecule has 0 radical (unpaired) electrons. The maximum atomic E-state index is 13.4. The van der Waals surface area contributed by atoms with Crippen molar-refractivity contribution < 1.29 is 31.7 Å². The molecule has 0 spiro atoms. The molecule has 3 N–H and O–H groups in total. The molecular formula is C26H33N3O7S. The number of nitrogens with two attached hydrogens (primary N) is 1. The fraction of sp³-hybridized carbons (Fsp3) is 0.423. The van der Waals surface area contributed by atoms with Crippen LogP contribution in [0.25, 0.3) is 0 Å². The Kier molecular flexibility index (Phi) is 8.93. The lowest BCUT2D eigenvalue weighted by molar-refractivity contribution is -0.164. The molecule has 1 unspecified atom stereocenters. The SMILES string of the molecule is CC(C)(C)OC(=O)[C@@H]1CC[C@H](c2ccccc2)N1C(=O)COS(=O)(=O)C(Cc1ccccc1)NC(N)=O. The summed E-state index contributed by atoms with van der Waals surface area (Å²) < 4.78 is 36.6. The average Bonchev–Trinajstić information content (AvgIpc) is 3.28. The van der Waals surface area contributed by atoms with Crippen LogP contribution in [0.15, 0.2) is 60.7 Å². The minimum absolute atomic E-state index is 0.114. The van der Waals surface area contributed by atoms with Crippen LogP contribution in [0.3, 0.4) is 0 Å². The highest BCUT2D eigenvalue weighted by Gasteiger charge is 2.44. The summed E-state index contributed by atoms with van der Waals surface area (Å²) in [5, 5.41) is 0.667. The van der Waals surface area contributed by atoms with Crippen molar-refractivity contribution in [2.24, 2.45) is 5.73 Å². The molecule has 0 aromatic heterocycles. The molecule has 0 aliphatic carbocycles. The van der Waals surface area contributed by atoms with Gasteiger partial charge in [0.25, 0.3) is 16.0 Å². The predicted molar refractivity (Wildman–Crippen MR) is 136 cm³/mol. The number of esters is 1.